The second kappa shape index (κ2) is 7.55. The van der Waals surface area contributed by atoms with Crippen molar-refractivity contribution in [2.24, 2.45) is 0 Å². The molecular formula is C8H18N2O5S. The highest BCUT2D eigenvalue weighted by atomic mass is 32.2. The Labute approximate surface area is 95.2 Å². The van der Waals surface area contributed by atoms with Gasteiger partial charge in [-0.05, 0) is 13.0 Å². The van der Waals surface area contributed by atoms with Gasteiger partial charge in [-0.2, -0.15) is 0 Å². The molecule has 0 aliphatic carbocycles. The van der Waals surface area contributed by atoms with Gasteiger partial charge in [0.05, 0.1) is 12.9 Å². The average Bonchev–Trinajstić information content (AvgIpc) is 2.13. The zero-order valence-corrected chi connectivity index (χ0v) is 10.2. The van der Waals surface area contributed by atoms with Gasteiger partial charge in [0.15, 0.2) is 0 Å². The van der Waals surface area contributed by atoms with Gasteiger partial charge in [-0.15, -0.1) is 0 Å². The number of nitrogens with one attached hydrogen (secondary N) is 2. The summed E-state index contributed by atoms with van der Waals surface area (Å²) >= 11 is 0. The van der Waals surface area contributed by atoms with E-state index in [0.717, 1.165) is 6.26 Å². The van der Waals surface area contributed by atoms with Crippen LogP contribution in [0.3, 0.4) is 0 Å². The predicted molar refractivity (Wildman–Crippen MR) is 58.8 cm³/mol. The summed E-state index contributed by atoms with van der Waals surface area (Å²) < 4.78 is 28.4. The normalized spacial score (nSPS) is 13.6. The van der Waals surface area contributed by atoms with Crippen molar-refractivity contribution in [3.05, 3.63) is 0 Å². The summed E-state index contributed by atoms with van der Waals surface area (Å²) in [5.41, 5.74) is 0. The molecule has 0 heterocycles. The number of carbonyl (C=O) groups is 1. The molecule has 1 atom stereocenters. The molecule has 0 amide bonds. The van der Waals surface area contributed by atoms with E-state index in [0.29, 0.717) is 13.0 Å². The highest BCUT2D eigenvalue weighted by molar-refractivity contribution is 7.88. The molecule has 0 fully saturated rings. The Hall–Kier alpha value is -0.700. The fraction of sp³-hybridized carbons (Fsp3) is 0.875. The predicted octanol–water partition coefficient (Wildman–Crippen LogP) is -1.39. The average molecular weight is 254 g/mol. The number of sulfonamides is 1. The summed E-state index contributed by atoms with van der Waals surface area (Å²) in [6, 6.07) is -0.761. The number of hydrogen-bond acceptors (Lipinski definition) is 5. The maximum atomic E-state index is 10.7. The molecule has 0 aliphatic heterocycles. The summed E-state index contributed by atoms with van der Waals surface area (Å²) in [6.07, 6.45) is 1.59. The van der Waals surface area contributed by atoms with Crippen molar-refractivity contribution in [2.75, 3.05) is 33.1 Å². The maximum absolute atomic E-state index is 10.7. The van der Waals surface area contributed by atoms with Crippen LogP contribution in [0.5, 0.6) is 0 Å². The second-order valence-corrected chi connectivity index (χ2v) is 5.15. The smallest absolute Gasteiger partial charge is 0.323 e. The van der Waals surface area contributed by atoms with Crippen molar-refractivity contribution in [3.63, 3.8) is 0 Å². The Kier molecular flexibility index (Phi) is 7.22. The molecule has 7 nitrogen and oxygen atoms in total. The van der Waals surface area contributed by atoms with E-state index >= 15 is 0 Å². The molecule has 1 unspecified atom stereocenters. The summed E-state index contributed by atoms with van der Waals surface area (Å²) in [7, 11) is -1.75. The minimum absolute atomic E-state index is 0.0782. The minimum Gasteiger partial charge on any atom is -0.480 e. The molecule has 0 aromatic carbocycles. The van der Waals surface area contributed by atoms with Crippen LogP contribution < -0.4 is 10.0 Å². The van der Waals surface area contributed by atoms with E-state index in [4.69, 9.17) is 9.84 Å². The first-order valence-electron chi connectivity index (χ1n) is 4.76. The first-order chi connectivity index (χ1) is 7.37. The third-order valence-electron chi connectivity index (χ3n) is 1.74. The molecule has 0 saturated carbocycles. The van der Waals surface area contributed by atoms with Crippen molar-refractivity contribution in [2.45, 2.75) is 12.5 Å². The number of carboxylic acid groups (broad SMARTS) is 1. The van der Waals surface area contributed by atoms with Crippen LogP contribution in [0.25, 0.3) is 0 Å². The van der Waals surface area contributed by atoms with Gasteiger partial charge in [-0.25, -0.2) is 13.1 Å². The van der Waals surface area contributed by atoms with Crippen LogP contribution in [0.15, 0.2) is 0 Å². The molecule has 0 bridgehead atoms. The highest BCUT2D eigenvalue weighted by Gasteiger charge is 2.15. The standard InChI is InChI=1S/C8H18N2O5S/c1-15-6-7(8(11)12)9-4-3-5-10-16(2,13)14/h7,9-10H,3-6H2,1-2H3,(H,11,12). The molecule has 8 heteroatoms. The van der Waals surface area contributed by atoms with Gasteiger partial charge in [0.1, 0.15) is 6.04 Å². The van der Waals surface area contributed by atoms with Gasteiger partial charge in [0, 0.05) is 13.7 Å². The van der Waals surface area contributed by atoms with Crippen molar-refractivity contribution >= 4 is 16.0 Å². The van der Waals surface area contributed by atoms with E-state index in [-0.39, 0.29) is 13.2 Å². The molecular weight excluding hydrogens is 236 g/mol. The van der Waals surface area contributed by atoms with Crippen LogP contribution in [0.4, 0.5) is 0 Å². The molecule has 96 valence electrons. The topological polar surface area (TPSA) is 105 Å². The summed E-state index contributed by atoms with van der Waals surface area (Å²) in [4.78, 5) is 10.7. The highest BCUT2D eigenvalue weighted by Crippen LogP contribution is 1.86. The first-order valence-corrected chi connectivity index (χ1v) is 6.65. The Morgan fingerprint density at radius 1 is 1.44 bits per heavy atom. The zero-order valence-electron chi connectivity index (χ0n) is 9.39. The van der Waals surface area contributed by atoms with Crippen LogP contribution in [0.1, 0.15) is 6.42 Å². The van der Waals surface area contributed by atoms with Crippen LogP contribution in [-0.2, 0) is 19.6 Å². The molecule has 16 heavy (non-hydrogen) atoms. The number of hydrogen-bond donors (Lipinski definition) is 3. The number of aliphatic carboxylic acids is 1. The first kappa shape index (κ1) is 15.3. The largest absolute Gasteiger partial charge is 0.480 e. The number of methoxy groups -OCH3 is 1. The summed E-state index contributed by atoms with van der Waals surface area (Å²) in [5, 5.41) is 11.5. The van der Waals surface area contributed by atoms with E-state index in [2.05, 4.69) is 10.0 Å². The van der Waals surface area contributed by atoms with Crippen LogP contribution in [-0.4, -0.2) is 58.6 Å². The number of carboxylic acids is 1. The quantitative estimate of drug-likeness (QED) is 0.438. The fourth-order valence-electron chi connectivity index (χ4n) is 1.01. The molecule has 0 saturated heterocycles. The van der Waals surface area contributed by atoms with Gasteiger partial charge in [0.25, 0.3) is 0 Å². The van der Waals surface area contributed by atoms with Crippen molar-refractivity contribution in [1.82, 2.24) is 10.0 Å². The lowest BCUT2D eigenvalue weighted by molar-refractivity contribution is -0.140. The van der Waals surface area contributed by atoms with Gasteiger partial charge < -0.3 is 15.2 Å². The maximum Gasteiger partial charge on any atom is 0.323 e. The molecule has 0 aromatic rings. The van der Waals surface area contributed by atoms with Crippen molar-refractivity contribution in [1.29, 1.82) is 0 Å². The van der Waals surface area contributed by atoms with Gasteiger partial charge in [-0.1, -0.05) is 0 Å². The SMILES string of the molecule is COCC(NCCCNS(C)(=O)=O)C(=O)O. The Balaban J connectivity index is 3.67. The Bertz CT molecular complexity index is 304. The Morgan fingerprint density at radius 3 is 2.50 bits per heavy atom. The van der Waals surface area contributed by atoms with Crippen molar-refractivity contribution in [3.8, 4) is 0 Å². The molecule has 0 radical (unpaired) electrons. The van der Waals surface area contributed by atoms with Gasteiger partial charge >= 0.3 is 5.97 Å². The Morgan fingerprint density at radius 2 is 2.06 bits per heavy atom. The molecule has 0 aliphatic rings. The van der Waals surface area contributed by atoms with Gasteiger partial charge in [0.2, 0.25) is 10.0 Å². The molecule has 0 rings (SSSR count). The van der Waals surface area contributed by atoms with Crippen LogP contribution in [0, 0.1) is 0 Å². The fourth-order valence-corrected chi connectivity index (χ4v) is 1.52. The van der Waals surface area contributed by atoms with E-state index in [1.165, 1.54) is 7.11 Å². The van der Waals surface area contributed by atoms with E-state index in [1.54, 1.807) is 0 Å². The lowest BCUT2D eigenvalue weighted by Gasteiger charge is -2.13. The molecule has 0 aromatic heterocycles. The second-order valence-electron chi connectivity index (χ2n) is 3.32. The van der Waals surface area contributed by atoms with Crippen molar-refractivity contribution < 1.29 is 23.1 Å². The minimum atomic E-state index is -3.17. The zero-order chi connectivity index (χ0) is 12.6. The lowest BCUT2D eigenvalue weighted by atomic mass is 10.3. The molecule has 0 spiro atoms. The summed E-state index contributed by atoms with van der Waals surface area (Å²) in [6.45, 7) is 0.767. The van der Waals surface area contributed by atoms with Gasteiger partial charge in [-0.3, -0.25) is 4.79 Å². The third kappa shape index (κ3) is 8.60. The number of ether oxygens (including phenoxy) is 1. The van der Waals surface area contributed by atoms with E-state index in [9.17, 15) is 13.2 Å². The lowest BCUT2D eigenvalue weighted by Crippen LogP contribution is -2.41. The molecule has 3 N–H and O–H groups in total. The van der Waals surface area contributed by atoms with Crippen LogP contribution in [0.2, 0.25) is 0 Å². The van der Waals surface area contributed by atoms with Crippen LogP contribution >= 0.6 is 0 Å². The van der Waals surface area contributed by atoms with E-state index < -0.39 is 22.0 Å². The van der Waals surface area contributed by atoms with E-state index in [1.807, 2.05) is 0 Å². The monoisotopic (exact) mass is 254 g/mol. The summed E-state index contributed by atoms with van der Waals surface area (Å²) in [5.74, 6) is -0.988. The third-order valence-corrected chi connectivity index (χ3v) is 2.47. The number of rotatable bonds is 9.